The number of carbonyl (C=O) groups is 1. The first kappa shape index (κ1) is 23.2. The van der Waals surface area contributed by atoms with E-state index in [9.17, 15) is 4.79 Å². The van der Waals surface area contributed by atoms with Crippen LogP contribution in [0.5, 0.6) is 11.5 Å². The van der Waals surface area contributed by atoms with Crippen molar-refractivity contribution in [2.75, 3.05) is 7.11 Å². The number of fused-ring (bicyclic) bond motifs is 1. The lowest BCUT2D eigenvalue weighted by atomic mass is 10.0. The number of nitrogens with one attached hydrogen (secondary N) is 1. The molecular formula is C28H27N5O3. The van der Waals surface area contributed by atoms with Gasteiger partial charge in [-0.05, 0) is 54.4 Å². The second-order valence-corrected chi connectivity index (χ2v) is 8.60. The maximum Gasteiger partial charge on any atom is 0.252 e. The lowest BCUT2D eigenvalue weighted by Gasteiger charge is -2.20. The van der Waals surface area contributed by atoms with Gasteiger partial charge in [0.2, 0.25) is 0 Å². The average molecular weight is 482 g/mol. The third kappa shape index (κ3) is 4.93. The van der Waals surface area contributed by atoms with Crippen LogP contribution >= 0.6 is 0 Å². The van der Waals surface area contributed by atoms with Crippen LogP contribution in [0.2, 0.25) is 0 Å². The maximum absolute atomic E-state index is 13.3. The van der Waals surface area contributed by atoms with Crippen LogP contribution in [0.1, 0.15) is 39.0 Å². The van der Waals surface area contributed by atoms with Crippen LogP contribution in [-0.2, 0) is 13.7 Å². The van der Waals surface area contributed by atoms with Gasteiger partial charge < -0.3 is 23.8 Å². The minimum Gasteiger partial charge on any atom is -0.497 e. The second-order valence-electron chi connectivity index (χ2n) is 8.60. The SMILES string of the molecule is COc1ccc(C(NC(=O)c2cccc(OCc3cn4cc(C)ccc4n3)c2)c2nccn2C)cc1. The van der Waals surface area contributed by atoms with Crippen LogP contribution < -0.4 is 14.8 Å². The fourth-order valence-corrected chi connectivity index (χ4v) is 4.07. The van der Waals surface area contributed by atoms with E-state index in [4.69, 9.17) is 9.47 Å². The summed E-state index contributed by atoms with van der Waals surface area (Å²) in [6.07, 6.45) is 7.54. The quantitative estimate of drug-likeness (QED) is 0.353. The molecule has 3 aromatic heterocycles. The van der Waals surface area contributed by atoms with Gasteiger partial charge in [0.1, 0.15) is 35.6 Å². The molecule has 5 rings (SSSR count). The molecule has 0 aliphatic heterocycles. The number of aromatic nitrogens is 4. The van der Waals surface area contributed by atoms with E-state index in [1.807, 2.05) is 84.0 Å². The Balaban J connectivity index is 1.33. The number of imidazole rings is 2. The topological polar surface area (TPSA) is 82.7 Å². The molecule has 1 amide bonds. The van der Waals surface area contributed by atoms with Gasteiger partial charge in [0, 0.05) is 37.4 Å². The number of amides is 1. The van der Waals surface area contributed by atoms with Gasteiger partial charge in [0.05, 0.1) is 12.8 Å². The molecule has 0 saturated heterocycles. The molecule has 2 aromatic carbocycles. The normalized spacial score (nSPS) is 11.9. The van der Waals surface area contributed by atoms with Crippen molar-refractivity contribution in [3.8, 4) is 11.5 Å². The lowest BCUT2D eigenvalue weighted by Crippen LogP contribution is -2.31. The number of pyridine rings is 1. The minimum absolute atomic E-state index is 0.229. The third-order valence-corrected chi connectivity index (χ3v) is 5.97. The minimum atomic E-state index is -0.436. The summed E-state index contributed by atoms with van der Waals surface area (Å²) in [6.45, 7) is 2.34. The van der Waals surface area contributed by atoms with Gasteiger partial charge in [-0.25, -0.2) is 9.97 Å². The standard InChI is InChI=1S/C28H27N5O3/c1-19-7-12-25-30-22(17-33(25)16-19)18-36-24-6-4-5-21(15-24)28(34)31-26(27-29-13-14-32(27)2)20-8-10-23(35-3)11-9-20/h4-17,26H,18H2,1-3H3,(H,31,34). The van der Waals surface area contributed by atoms with Crippen molar-refractivity contribution in [2.45, 2.75) is 19.6 Å². The number of nitrogens with zero attached hydrogens (tertiary/aromatic N) is 4. The van der Waals surface area contributed by atoms with Crippen molar-refractivity contribution in [3.63, 3.8) is 0 Å². The first-order chi connectivity index (χ1) is 17.5. The van der Waals surface area contributed by atoms with E-state index in [1.165, 1.54) is 0 Å². The van der Waals surface area contributed by atoms with Crippen LogP contribution in [0.4, 0.5) is 0 Å². The Kier molecular flexibility index (Phi) is 6.40. The highest BCUT2D eigenvalue weighted by Gasteiger charge is 2.22. The fourth-order valence-electron chi connectivity index (χ4n) is 4.07. The average Bonchev–Trinajstić information content (AvgIpc) is 3.51. The van der Waals surface area contributed by atoms with Gasteiger partial charge in [-0.15, -0.1) is 0 Å². The van der Waals surface area contributed by atoms with Crippen molar-refractivity contribution in [1.29, 1.82) is 0 Å². The van der Waals surface area contributed by atoms with Crippen molar-refractivity contribution in [3.05, 3.63) is 114 Å². The van der Waals surface area contributed by atoms with E-state index in [0.717, 1.165) is 34.0 Å². The number of benzene rings is 2. The number of ether oxygens (including phenoxy) is 2. The maximum atomic E-state index is 13.3. The summed E-state index contributed by atoms with van der Waals surface area (Å²) < 4.78 is 15.1. The summed E-state index contributed by atoms with van der Waals surface area (Å²) in [4.78, 5) is 22.3. The van der Waals surface area contributed by atoms with Crippen LogP contribution in [-0.4, -0.2) is 32.0 Å². The van der Waals surface area contributed by atoms with Gasteiger partial charge in [0.15, 0.2) is 0 Å². The molecule has 0 aliphatic carbocycles. The van der Waals surface area contributed by atoms with Crippen LogP contribution in [0, 0.1) is 6.92 Å². The smallest absolute Gasteiger partial charge is 0.252 e. The highest BCUT2D eigenvalue weighted by Crippen LogP contribution is 2.24. The van der Waals surface area contributed by atoms with Gasteiger partial charge >= 0.3 is 0 Å². The van der Waals surface area contributed by atoms with Crippen molar-refractivity contribution >= 4 is 11.6 Å². The highest BCUT2D eigenvalue weighted by molar-refractivity contribution is 5.95. The molecule has 0 bridgehead atoms. The summed E-state index contributed by atoms with van der Waals surface area (Å²) in [5, 5.41) is 3.12. The molecule has 1 unspecified atom stereocenters. The molecule has 1 atom stereocenters. The molecule has 8 heteroatoms. The second kappa shape index (κ2) is 9.95. The molecule has 0 fully saturated rings. The molecule has 8 nitrogen and oxygen atoms in total. The van der Waals surface area contributed by atoms with Crippen molar-refractivity contribution < 1.29 is 14.3 Å². The Labute approximate surface area is 209 Å². The zero-order valence-electron chi connectivity index (χ0n) is 20.4. The van der Waals surface area contributed by atoms with Crippen LogP contribution in [0.3, 0.4) is 0 Å². The van der Waals surface area contributed by atoms with Crippen molar-refractivity contribution in [2.24, 2.45) is 7.05 Å². The van der Waals surface area contributed by atoms with Crippen molar-refractivity contribution in [1.82, 2.24) is 24.3 Å². The van der Waals surface area contributed by atoms with Crippen LogP contribution in [0.15, 0.2) is 85.5 Å². The number of methoxy groups -OCH3 is 1. The molecular weight excluding hydrogens is 454 g/mol. The summed E-state index contributed by atoms with van der Waals surface area (Å²) in [7, 11) is 3.53. The van der Waals surface area contributed by atoms with E-state index >= 15 is 0 Å². The molecule has 5 aromatic rings. The molecule has 182 valence electrons. The molecule has 0 saturated carbocycles. The van der Waals surface area contributed by atoms with Crippen LogP contribution in [0.25, 0.3) is 5.65 Å². The molecule has 36 heavy (non-hydrogen) atoms. The van der Waals surface area contributed by atoms with E-state index in [0.29, 0.717) is 17.9 Å². The summed E-state index contributed by atoms with van der Waals surface area (Å²) in [5.41, 5.74) is 4.22. The Morgan fingerprint density at radius 2 is 1.89 bits per heavy atom. The summed E-state index contributed by atoms with van der Waals surface area (Å²) >= 11 is 0. The first-order valence-electron chi connectivity index (χ1n) is 11.6. The molecule has 1 N–H and O–H groups in total. The lowest BCUT2D eigenvalue weighted by molar-refractivity contribution is 0.0940. The van der Waals surface area contributed by atoms with E-state index in [2.05, 4.69) is 15.3 Å². The number of aryl methyl sites for hydroxylation is 2. The Morgan fingerprint density at radius 3 is 2.64 bits per heavy atom. The highest BCUT2D eigenvalue weighted by atomic mass is 16.5. The number of hydrogen-bond donors (Lipinski definition) is 1. The zero-order chi connectivity index (χ0) is 25.1. The third-order valence-electron chi connectivity index (χ3n) is 5.97. The Morgan fingerprint density at radius 1 is 1.06 bits per heavy atom. The van der Waals surface area contributed by atoms with Gasteiger partial charge in [-0.3, -0.25) is 4.79 Å². The number of carbonyl (C=O) groups excluding carboxylic acids is 1. The largest absolute Gasteiger partial charge is 0.497 e. The summed E-state index contributed by atoms with van der Waals surface area (Å²) in [5.74, 6) is 1.83. The molecule has 3 heterocycles. The Hall–Kier alpha value is -4.59. The number of rotatable bonds is 8. The van der Waals surface area contributed by atoms with Gasteiger partial charge in [0.25, 0.3) is 5.91 Å². The summed E-state index contributed by atoms with van der Waals surface area (Å²) in [6, 6.07) is 18.3. The fraction of sp³-hybridized carbons (Fsp3) is 0.179. The first-order valence-corrected chi connectivity index (χ1v) is 11.6. The predicted molar refractivity (Wildman–Crippen MR) is 136 cm³/mol. The van der Waals surface area contributed by atoms with Gasteiger partial charge in [-0.2, -0.15) is 0 Å². The monoisotopic (exact) mass is 481 g/mol. The van der Waals surface area contributed by atoms with E-state index < -0.39 is 6.04 Å². The Bertz CT molecular complexity index is 1500. The number of hydrogen-bond acceptors (Lipinski definition) is 5. The van der Waals surface area contributed by atoms with E-state index in [-0.39, 0.29) is 5.91 Å². The van der Waals surface area contributed by atoms with Gasteiger partial charge in [-0.1, -0.05) is 24.3 Å². The molecule has 0 aliphatic rings. The molecule has 0 radical (unpaired) electrons. The molecule has 0 spiro atoms. The zero-order valence-corrected chi connectivity index (χ0v) is 20.4. The van der Waals surface area contributed by atoms with E-state index in [1.54, 1.807) is 31.5 Å². The predicted octanol–water partition coefficient (Wildman–Crippen LogP) is 4.48.